The highest BCUT2D eigenvalue weighted by atomic mass is 16.4. The summed E-state index contributed by atoms with van der Waals surface area (Å²) in [5.41, 5.74) is 1.29. The van der Waals surface area contributed by atoms with Gasteiger partial charge in [-0.3, -0.25) is 9.78 Å². The first-order valence-electron chi connectivity index (χ1n) is 5.57. The van der Waals surface area contributed by atoms with Crippen molar-refractivity contribution in [2.75, 3.05) is 5.32 Å². The van der Waals surface area contributed by atoms with Gasteiger partial charge in [0, 0.05) is 18.5 Å². The summed E-state index contributed by atoms with van der Waals surface area (Å²) in [4.78, 5) is 33.8. The van der Waals surface area contributed by atoms with Gasteiger partial charge in [-0.15, -0.1) is 0 Å². The third-order valence-electron chi connectivity index (χ3n) is 2.26. The van der Waals surface area contributed by atoms with Gasteiger partial charge < -0.3 is 10.4 Å². The highest BCUT2D eigenvalue weighted by Crippen LogP contribution is 2.08. The van der Waals surface area contributed by atoms with Crippen LogP contribution in [0.2, 0.25) is 0 Å². The second-order valence-electron chi connectivity index (χ2n) is 3.76. The maximum Gasteiger partial charge on any atom is 0.328 e. The van der Waals surface area contributed by atoms with Crippen molar-refractivity contribution in [1.82, 2.24) is 15.0 Å². The number of anilines is 1. The van der Waals surface area contributed by atoms with Gasteiger partial charge in [0.2, 0.25) is 0 Å². The van der Waals surface area contributed by atoms with Crippen LogP contribution in [-0.4, -0.2) is 31.9 Å². The Balaban J connectivity index is 2.14. The zero-order chi connectivity index (χ0) is 14.4. The number of pyridine rings is 1. The number of rotatable bonds is 4. The van der Waals surface area contributed by atoms with E-state index >= 15 is 0 Å². The molecular weight excluding hydrogens is 260 g/mol. The van der Waals surface area contributed by atoms with Crippen LogP contribution < -0.4 is 5.32 Å². The van der Waals surface area contributed by atoms with Crippen molar-refractivity contribution in [2.45, 2.75) is 0 Å². The highest BCUT2D eigenvalue weighted by Gasteiger charge is 2.07. The average Bonchev–Trinajstić information content (AvgIpc) is 2.46. The van der Waals surface area contributed by atoms with Crippen molar-refractivity contribution >= 4 is 23.6 Å². The Labute approximate surface area is 114 Å². The number of aromatic nitrogens is 3. The van der Waals surface area contributed by atoms with Gasteiger partial charge in [0.25, 0.3) is 5.91 Å². The van der Waals surface area contributed by atoms with Crippen molar-refractivity contribution in [2.24, 2.45) is 0 Å². The molecule has 0 saturated heterocycles. The molecule has 2 N–H and O–H groups in total. The van der Waals surface area contributed by atoms with Gasteiger partial charge in [0.05, 0.1) is 23.6 Å². The lowest BCUT2D eigenvalue weighted by atomic mass is 10.2. The molecule has 2 heterocycles. The smallest absolute Gasteiger partial charge is 0.328 e. The third-order valence-corrected chi connectivity index (χ3v) is 2.26. The van der Waals surface area contributed by atoms with E-state index in [1.165, 1.54) is 43.3 Å². The molecule has 0 aliphatic rings. The van der Waals surface area contributed by atoms with Crippen LogP contribution in [0.15, 0.2) is 43.3 Å². The molecule has 0 aromatic carbocycles. The SMILES string of the molecule is O=C(O)/C=C/c1cncc(C(=O)Nc2cncnc2)c1. The van der Waals surface area contributed by atoms with E-state index in [-0.39, 0.29) is 5.91 Å². The van der Waals surface area contributed by atoms with Gasteiger partial charge in [0.15, 0.2) is 0 Å². The molecule has 2 aromatic rings. The average molecular weight is 270 g/mol. The number of aliphatic carboxylic acids is 1. The molecule has 20 heavy (non-hydrogen) atoms. The number of nitrogens with one attached hydrogen (secondary N) is 1. The molecule has 100 valence electrons. The Kier molecular flexibility index (Phi) is 4.13. The molecule has 7 nitrogen and oxygen atoms in total. The lowest BCUT2D eigenvalue weighted by molar-refractivity contribution is -0.131. The van der Waals surface area contributed by atoms with E-state index in [1.807, 2.05) is 0 Å². The largest absolute Gasteiger partial charge is 0.478 e. The number of hydrogen-bond donors (Lipinski definition) is 2. The van der Waals surface area contributed by atoms with E-state index in [2.05, 4.69) is 20.3 Å². The number of hydrogen-bond acceptors (Lipinski definition) is 5. The van der Waals surface area contributed by atoms with Crippen molar-refractivity contribution in [3.63, 3.8) is 0 Å². The predicted octanol–water partition coefficient (Wildman–Crippen LogP) is 1.22. The molecule has 0 fully saturated rings. The monoisotopic (exact) mass is 270 g/mol. The van der Waals surface area contributed by atoms with Gasteiger partial charge >= 0.3 is 5.97 Å². The fourth-order valence-corrected chi connectivity index (χ4v) is 1.41. The Morgan fingerprint density at radius 2 is 1.85 bits per heavy atom. The molecule has 0 atom stereocenters. The molecule has 2 rings (SSSR count). The fraction of sp³-hybridized carbons (Fsp3) is 0. The van der Waals surface area contributed by atoms with Crippen LogP contribution in [0.5, 0.6) is 0 Å². The topological polar surface area (TPSA) is 105 Å². The van der Waals surface area contributed by atoms with E-state index in [4.69, 9.17) is 5.11 Å². The molecule has 2 aromatic heterocycles. The third kappa shape index (κ3) is 3.70. The standard InChI is InChI=1S/C13H10N4O3/c18-12(19)2-1-9-3-10(5-14-4-9)13(20)17-11-6-15-8-16-7-11/h1-8H,(H,17,20)(H,18,19)/b2-1+. The quantitative estimate of drug-likeness (QED) is 0.809. The molecule has 0 spiro atoms. The molecule has 0 bridgehead atoms. The summed E-state index contributed by atoms with van der Waals surface area (Å²) in [6.07, 6.45) is 9.47. The summed E-state index contributed by atoms with van der Waals surface area (Å²) in [7, 11) is 0. The Hall–Kier alpha value is -3.09. The van der Waals surface area contributed by atoms with Crippen molar-refractivity contribution < 1.29 is 14.7 Å². The molecule has 0 saturated carbocycles. The van der Waals surface area contributed by atoms with Crippen molar-refractivity contribution in [3.8, 4) is 0 Å². The number of carboxylic acid groups (broad SMARTS) is 1. The Morgan fingerprint density at radius 3 is 2.55 bits per heavy atom. The number of carbonyl (C=O) groups excluding carboxylic acids is 1. The van der Waals surface area contributed by atoms with Gasteiger partial charge in [-0.25, -0.2) is 14.8 Å². The van der Waals surface area contributed by atoms with Crippen LogP contribution in [0.1, 0.15) is 15.9 Å². The van der Waals surface area contributed by atoms with Crippen LogP contribution in [0.25, 0.3) is 6.08 Å². The van der Waals surface area contributed by atoms with E-state index in [0.717, 1.165) is 6.08 Å². The van der Waals surface area contributed by atoms with Crippen molar-refractivity contribution in [3.05, 3.63) is 54.4 Å². The maximum atomic E-state index is 12.0. The van der Waals surface area contributed by atoms with Crippen LogP contribution in [0, 0.1) is 0 Å². The molecule has 7 heteroatoms. The number of amides is 1. The Bertz CT molecular complexity index is 656. The predicted molar refractivity (Wildman–Crippen MR) is 70.9 cm³/mol. The van der Waals surface area contributed by atoms with Crippen molar-refractivity contribution in [1.29, 1.82) is 0 Å². The van der Waals surface area contributed by atoms with Gasteiger partial charge in [0.1, 0.15) is 6.33 Å². The van der Waals surface area contributed by atoms with Gasteiger partial charge in [-0.1, -0.05) is 0 Å². The lowest BCUT2D eigenvalue weighted by Gasteiger charge is -2.04. The van der Waals surface area contributed by atoms with Gasteiger partial charge in [-0.05, 0) is 17.7 Å². The van der Waals surface area contributed by atoms with Gasteiger partial charge in [-0.2, -0.15) is 0 Å². The second kappa shape index (κ2) is 6.19. The van der Waals surface area contributed by atoms with E-state index < -0.39 is 5.97 Å². The lowest BCUT2D eigenvalue weighted by Crippen LogP contribution is -2.12. The number of nitrogens with zero attached hydrogens (tertiary/aromatic N) is 3. The summed E-state index contributed by atoms with van der Waals surface area (Å²) in [5, 5.41) is 11.2. The first-order chi connectivity index (χ1) is 9.65. The molecule has 0 aliphatic carbocycles. The minimum atomic E-state index is -1.07. The summed E-state index contributed by atoms with van der Waals surface area (Å²) < 4.78 is 0. The molecule has 1 amide bonds. The van der Waals surface area contributed by atoms with Crippen LogP contribution in [0.4, 0.5) is 5.69 Å². The van der Waals surface area contributed by atoms with E-state index in [1.54, 1.807) is 0 Å². The van der Waals surface area contributed by atoms with E-state index in [0.29, 0.717) is 16.8 Å². The summed E-state index contributed by atoms with van der Waals surface area (Å²) in [6.45, 7) is 0. The summed E-state index contributed by atoms with van der Waals surface area (Å²) >= 11 is 0. The first-order valence-corrected chi connectivity index (χ1v) is 5.57. The number of carboxylic acids is 1. The maximum absolute atomic E-state index is 12.0. The summed E-state index contributed by atoms with van der Waals surface area (Å²) in [6, 6.07) is 1.53. The summed E-state index contributed by atoms with van der Waals surface area (Å²) in [5.74, 6) is -1.45. The van der Waals surface area contributed by atoms with Crippen LogP contribution in [-0.2, 0) is 4.79 Å². The second-order valence-corrected chi connectivity index (χ2v) is 3.76. The number of carbonyl (C=O) groups is 2. The van der Waals surface area contributed by atoms with Crippen LogP contribution in [0.3, 0.4) is 0 Å². The fourth-order valence-electron chi connectivity index (χ4n) is 1.41. The Morgan fingerprint density at radius 1 is 1.10 bits per heavy atom. The van der Waals surface area contributed by atoms with Crippen LogP contribution >= 0.6 is 0 Å². The first kappa shape index (κ1) is 13.3. The minimum absolute atomic E-state index is 0.307. The van der Waals surface area contributed by atoms with E-state index in [9.17, 15) is 9.59 Å². The molecule has 0 unspecified atom stereocenters. The minimum Gasteiger partial charge on any atom is -0.478 e. The zero-order valence-corrected chi connectivity index (χ0v) is 10.2. The molecule has 0 radical (unpaired) electrons. The normalized spacial score (nSPS) is 10.4. The molecular formula is C13H10N4O3. The highest BCUT2D eigenvalue weighted by molar-refractivity contribution is 6.04. The zero-order valence-electron chi connectivity index (χ0n) is 10.2. The molecule has 0 aliphatic heterocycles.